The number of pyridine rings is 2. The summed E-state index contributed by atoms with van der Waals surface area (Å²) in [6.07, 6.45) is 6.78. The quantitative estimate of drug-likeness (QED) is 0.393. The van der Waals surface area contributed by atoms with Gasteiger partial charge in [0, 0.05) is 66.6 Å². The Morgan fingerprint density at radius 2 is 1.81 bits per heavy atom. The van der Waals surface area contributed by atoms with Crippen molar-refractivity contribution in [3.8, 4) is 22.6 Å². The van der Waals surface area contributed by atoms with E-state index in [2.05, 4.69) is 32.7 Å². The van der Waals surface area contributed by atoms with Crippen LogP contribution in [0.3, 0.4) is 0 Å². The van der Waals surface area contributed by atoms with Gasteiger partial charge in [-0.1, -0.05) is 0 Å². The van der Waals surface area contributed by atoms with Crippen LogP contribution >= 0.6 is 0 Å². The molecule has 0 spiro atoms. The zero-order valence-electron chi connectivity index (χ0n) is 19.8. The van der Waals surface area contributed by atoms with Gasteiger partial charge in [-0.2, -0.15) is 0 Å². The number of nitrogens with zero attached hydrogens (tertiary/aromatic N) is 5. The molecule has 1 amide bonds. The zero-order valence-corrected chi connectivity index (χ0v) is 19.8. The van der Waals surface area contributed by atoms with E-state index in [0.717, 1.165) is 60.0 Å². The smallest absolute Gasteiger partial charge is 0.275 e. The Labute approximate surface area is 207 Å². The highest BCUT2D eigenvalue weighted by Gasteiger charge is 2.17. The van der Waals surface area contributed by atoms with Crippen molar-refractivity contribution in [2.24, 2.45) is 0 Å². The first-order chi connectivity index (χ1) is 17.7. The number of rotatable bonds is 5. The SMILES string of the molecule is Cc1ccc(-c2ccc(N3CCNCC3)nc2)c2nc(C(=O)Nc3ccc(-c4ncco4)cc3)cn12. The number of aryl methyl sites for hydroxylation is 1. The third kappa shape index (κ3) is 4.20. The Hall–Kier alpha value is -4.50. The highest BCUT2D eigenvalue weighted by Crippen LogP contribution is 2.27. The van der Waals surface area contributed by atoms with Gasteiger partial charge in [0.1, 0.15) is 23.4 Å². The number of benzene rings is 1. The van der Waals surface area contributed by atoms with Crippen LogP contribution in [0.25, 0.3) is 28.2 Å². The second-order valence-corrected chi connectivity index (χ2v) is 8.72. The second kappa shape index (κ2) is 9.27. The topological polar surface area (TPSA) is 101 Å². The van der Waals surface area contributed by atoms with Crippen molar-refractivity contribution in [2.45, 2.75) is 6.92 Å². The molecule has 0 atom stereocenters. The van der Waals surface area contributed by atoms with Crippen LogP contribution in [0.1, 0.15) is 16.2 Å². The molecule has 0 saturated carbocycles. The molecule has 0 bridgehead atoms. The molecular formula is C27H25N7O2. The van der Waals surface area contributed by atoms with Crippen molar-refractivity contribution in [1.82, 2.24) is 24.7 Å². The molecule has 36 heavy (non-hydrogen) atoms. The van der Waals surface area contributed by atoms with Crippen LogP contribution in [0.2, 0.25) is 0 Å². The van der Waals surface area contributed by atoms with Crippen molar-refractivity contribution in [1.29, 1.82) is 0 Å². The number of oxazole rings is 1. The van der Waals surface area contributed by atoms with Crippen LogP contribution in [-0.4, -0.2) is 51.4 Å². The highest BCUT2D eigenvalue weighted by molar-refractivity contribution is 6.03. The molecule has 5 aromatic rings. The first kappa shape index (κ1) is 22.0. The summed E-state index contributed by atoms with van der Waals surface area (Å²) in [7, 11) is 0. The number of fused-ring (bicyclic) bond motifs is 1. The van der Waals surface area contributed by atoms with Gasteiger partial charge in [-0.3, -0.25) is 4.79 Å². The Balaban J connectivity index is 1.25. The first-order valence-corrected chi connectivity index (χ1v) is 11.9. The number of anilines is 2. The van der Waals surface area contributed by atoms with E-state index in [1.54, 1.807) is 12.4 Å². The van der Waals surface area contributed by atoms with Gasteiger partial charge in [-0.15, -0.1) is 0 Å². The Morgan fingerprint density at radius 1 is 1.00 bits per heavy atom. The Bertz CT molecular complexity index is 1500. The van der Waals surface area contributed by atoms with Gasteiger partial charge in [-0.25, -0.2) is 15.0 Å². The van der Waals surface area contributed by atoms with E-state index in [0.29, 0.717) is 17.3 Å². The summed E-state index contributed by atoms with van der Waals surface area (Å²) in [4.78, 5) is 28.9. The van der Waals surface area contributed by atoms with Crippen LogP contribution < -0.4 is 15.5 Å². The monoisotopic (exact) mass is 479 g/mol. The number of carbonyl (C=O) groups excluding carboxylic acids is 1. The normalized spacial score (nSPS) is 13.8. The minimum atomic E-state index is -0.278. The maximum absolute atomic E-state index is 13.0. The molecule has 0 radical (unpaired) electrons. The number of amides is 1. The van der Waals surface area contributed by atoms with Crippen molar-refractivity contribution >= 4 is 23.1 Å². The lowest BCUT2D eigenvalue weighted by molar-refractivity contribution is 0.102. The summed E-state index contributed by atoms with van der Waals surface area (Å²) in [6.45, 7) is 5.82. The van der Waals surface area contributed by atoms with Gasteiger partial charge in [0.15, 0.2) is 0 Å². The van der Waals surface area contributed by atoms with E-state index in [-0.39, 0.29) is 5.91 Å². The van der Waals surface area contributed by atoms with Crippen molar-refractivity contribution in [2.75, 3.05) is 36.4 Å². The van der Waals surface area contributed by atoms with Crippen LogP contribution in [0, 0.1) is 6.92 Å². The summed E-state index contributed by atoms with van der Waals surface area (Å²) in [5, 5.41) is 6.29. The van der Waals surface area contributed by atoms with Crippen molar-refractivity contribution in [3.05, 3.63) is 84.8 Å². The summed E-state index contributed by atoms with van der Waals surface area (Å²) in [5.74, 6) is 1.23. The van der Waals surface area contributed by atoms with Crippen LogP contribution in [0.5, 0.6) is 0 Å². The van der Waals surface area contributed by atoms with Crippen molar-refractivity contribution < 1.29 is 9.21 Å². The van der Waals surface area contributed by atoms with Gasteiger partial charge in [0.2, 0.25) is 5.89 Å². The van der Waals surface area contributed by atoms with Crippen LogP contribution in [-0.2, 0) is 0 Å². The molecule has 2 N–H and O–H groups in total. The number of nitrogens with one attached hydrogen (secondary N) is 2. The molecule has 0 aliphatic carbocycles. The van der Waals surface area contributed by atoms with Crippen molar-refractivity contribution in [3.63, 3.8) is 0 Å². The molecule has 9 heteroatoms. The summed E-state index contributed by atoms with van der Waals surface area (Å²) < 4.78 is 7.26. The first-order valence-electron chi connectivity index (χ1n) is 11.9. The third-order valence-corrected chi connectivity index (χ3v) is 6.37. The Morgan fingerprint density at radius 3 is 2.53 bits per heavy atom. The van der Waals surface area contributed by atoms with E-state index in [1.807, 2.05) is 53.9 Å². The molecule has 1 aliphatic heterocycles. The van der Waals surface area contributed by atoms with Crippen LogP contribution in [0.15, 0.2) is 77.8 Å². The van der Waals surface area contributed by atoms with Gasteiger partial charge < -0.3 is 24.4 Å². The average molecular weight is 480 g/mol. The van der Waals surface area contributed by atoms with Gasteiger partial charge >= 0.3 is 0 Å². The lowest BCUT2D eigenvalue weighted by Gasteiger charge is -2.28. The number of hydrogen-bond acceptors (Lipinski definition) is 7. The number of piperazine rings is 1. The maximum atomic E-state index is 13.0. The lowest BCUT2D eigenvalue weighted by atomic mass is 10.1. The summed E-state index contributed by atoms with van der Waals surface area (Å²) in [5.41, 5.74) is 5.43. The molecule has 4 aromatic heterocycles. The van der Waals surface area contributed by atoms with E-state index in [9.17, 15) is 4.79 Å². The molecule has 180 valence electrons. The van der Waals surface area contributed by atoms with Crippen LogP contribution in [0.4, 0.5) is 11.5 Å². The standard InChI is InChI=1S/C27H25N7O2/c1-18-2-8-22(20-5-9-24(30-16-20)33-13-10-28-11-14-33)25-32-23(17-34(18)25)26(35)31-21-6-3-19(4-7-21)27-29-12-15-36-27/h2-9,12,15-17,28H,10-11,13-14H2,1H3,(H,31,35). The van der Waals surface area contributed by atoms with Gasteiger partial charge in [0.05, 0.1) is 6.20 Å². The fraction of sp³-hybridized carbons (Fsp3) is 0.185. The average Bonchev–Trinajstić information content (AvgIpc) is 3.62. The lowest BCUT2D eigenvalue weighted by Crippen LogP contribution is -2.43. The van der Waals surface area contributed by atoms with Gasteiger partial charge in [-0.05, 0) is 55.5 Å². The number of imidazole rings is 1. The van der Waals surface area contributed by atoms with E-state index >= 15 is 0 Å². The van der Waals surface area contributed by atoms with E-state index in [1.165, 1.54) is 6.26 Å². The molecule has 1 aliphatic rings. The summed E-state index contributed by atoms with van der Waals surface area (Å²) >= 11 is 0. The minimum absolute atomic E-state index is 0.278. The highest BCUT2D eigenvalue weighted by atomic mass is 16.3. The molecular weight excluding hydrogens is 454 g/mol. The predicted octanol–water partition coefficient (Wildman–Crippen LogP) is 4.02. The van der Waals surface area contributed by atoms with Gasteiger partial charge in [0.25, 0.3) is 5.91 Å². The molecule has 1 fully saturated rings. The molecule has 1 saturated heterocycles. The predicted molar refractivity (Wildman–Crippen MR) is 138 cm³/mol. The molecule has 6 rings (SSSR count). The summed E-state index contributed by atoms with van der Waals surface area (Å²) in [6, 6.07) is 15.5. The molecule has 1 aromatic carbocycles. The van der Waals surface area contributed by atoms with E-state index in [4.69, 9.17) is 14.4 Å². The third-order valence-electron chi connectivity index (χ3n) is 6.37. The number of hydrogen-bond donors (Lipinski definition) is 2. The number of aromatic nitrogens is 4. The second-order valence-electron chi connectivity index (χ2n) is 8.72. The maximum Gasteiger partial charge on any atom is 0.275 e. The largest absolute Gasteiger partial charge is 0.445 e. The molecule has 9 nitrogen and oxygen atoms in total. The van der Waals surface area contributed by atoms with E-state index < -0.39 is 0 Å². The molecule has 0 unspecified atom stereocenters. The fourth-order valence-corrected chi connectivity index (χ4v) is 4.42. The zero-order chi connectivity index (χ0) is 24.5. The fourth-order valence-electron chi connectivity index (χ4n) is 4.42. The minimum Gasteiger partial charge on any atom is -0.445 e. The Kier molecular flexibility index (Phi) is 5.67. The number of carbonyl (C=O) groups is 1. The molecule has 5 heterocycles.